The first-order valence-electron chi connectivity index (χ1n) is 8.37. The van der Waals surface area contributed by atoms with E-state index in [0.717, 1.165) is 13.0 Å². The zero-order valence-electron chi connectivity index (χ0n) is 14.4. The van der Waals surface area contributed by atoms with Gasteiger partial charge < -0.3 is 10.2 Å². The van der Waals surface area contributed by atoms with Crippen molar-refractivity contribution in [2.24, 2.45) is 11.8 Å². The zero-order chi connectivity index (χ0) is 16.0. The number of likely N-dealkylation sites (tertiary alicyclic amines) is 1. The molecule has 0 aromatic heterocycles. The molecule has 0 aromatic carbocycles. The monoisotopic (exact) mass is 296 g/mol. The Bertz CT molecular complexity index is 360. The Kier molecular flexibility index (Phi) is 6.69. The Hall–Kier alpha value is -1.06. The number of nitrogens with one attached hydrogen (secondary N) is 1. The van der Waals surface area contributed by atoms with Gasteiger partial charge in [0.15, 0.2) is 0 Å². The summed E-state index contributed by atoms with van der Waals surface area (Å²) >= 11 is 0. The van der Waals surface area contributed by atoms with Gasteiger partial charge in [-0.1, -0.05) is 33.1 Å². The average molecular weight is 296 g/mol. The second kappa shape index (κ2) is 7.81. The summed E-state index contributed by atoms with van der Waals surface area (Å²) in [6.07, 6.45) is 5.04. The smallest absolute Gasteiger partial charge is 0.225 e. The summed E-state index contributed by atoms with van der Waals surface area (Å²) in [5.41, 5.74) is -0.195. The number of carbonyl (C=O) groups excluding carboxylic acids is 2. The van der Waals surface area contributed by atoms with Gasteiger partial charge in [0.05, 0.1) is 5.92 Å². The van der Waals surface area contributed by atoms with E-state index >= 15 is 0 Å². The Labute approximate surface area is 129 Å². The molecule has 1 heterocycles. The number of amides is 2. The fourth-order valence-electron chi connectivity index (χ4n) is 2.86. The molecule has 1 rings (SSSR count). The topological polar surface area (TPSA) is 49.4 Å². The van der Waals surface area contributed by atoms with Gasteiger partial charge in [0.1, 0.15) is 0 Å². The molecule has 0 spiro atoms. The molecule has 0 radical (unpaired) electrons. The van der Waals surface area contributed by atoms with Crippen molar-refractivity contribution in [3.63, 3.8) is 0 Å². The first kappa shape index (κ1) is 18.0. The van der Waals surface area contributed by atoms with Gasteiger partial charge in [-0.05, 0) is 33.1 Å². The van der Waals surface area contributed by atoms with Gasteiger partial charge in [-0.25, -0.2) is 0 Å². The van der Waals surface area contributed by atoms with Crippen LogP contribution in [-0.2, 0) is 9.59 Å². The number of nitrogens with zero attached hydrogens (tertiary/aromatic N) is 1. The van der Waals surface area contributed by atoms with Gasteiger partial charge in [0.25, 0.3) is 0 Å². The molecule has 1 fully saturated rings. The first-order valence-corrected chi connectivity index (χ1v) is 8.37. The van der Waals surface area contributed by atoms with E-state index in [-0.39, 0.29) is 23.3 Å². The lowest BCUT2D eigenvalue weighted by molar-refractivity contribution is -0.132. The maximum Gasteiger partial charge on any atom is 0.225 e. The lowest BCUT2D eigenvalue weighted by Gasteiger charge is -2.32. The highest BCUT2D eigenvalue weighted by Gasteiger charge is 2.39. The summed E-state index contributed by atoms with van der Waals surface area (Å²) in [7, 11) is 0. The summed E-state index contributed by atoms with van der Waals surface area (Å²) in [5.74, 6) is 0.524. The largest absolute Gasteiger partial charge is 0.356 e. The van der Waals surface area contributed by atoms with E-state index in [0.29, 0.717) is 18.9 Å². The second-order valence-electron chi connectivity index (χ2n) is 7.24. The molecule has 1 N–H and O–H groups in total. The van der Waals surface area contributed by atoms with E-state index in [1.54, 1.807) is 0 Å². The van der Waals surface area contributed by atoms with Gasteiger partial charge >= 0.3 is 0 Å². The molecule has 21 heavy (non-hydrogen) atoms. The number of hydrogen-bond donors (Lipinski definition) is 1. The van der Waals surface area contributed by atoms with Crippen LogP contribution in [0.15, 0.2) is 0 Å². The summed E-state index contributed by atoms with van der Waals surface area (Å²) in [6.45, 7) is 11.7. The molecule has 0 saturated carbocycles. The molecule has 4 nitrogen and oxygen atoms in total. The average Bonchev–Trinajstić information content (AvgIpc) is 2.81. The third-order valence-electron chi connectivity index (χ3n) is 4.41. The van der Waals surface area contributed by atoms with Crippen molar-refractivity contribution in [3.8, 4) is 0 Å². The van der Waals surface area contributed by atoms with E-state index in [9.17, 15) is 9.59 Å². The fourth-order valence-corrected chi connectivity index (χ4v) is 2.86. The van der Waals surface area contributed by atoms with Crippen molar-refractivity contribution < 1.29 is 9.59 Å². The zero-order valence-corrected chi connectivity index (χ0v) is 14.4. The quantitative estimate of drug-likeness (QED) is 0.785. The molecule has 2 amide bonds. The van der Waals surface area contributed by atoms with Crippen LogP contribution in [-0.4, -0.2) is 35.3 Å². The van der Waals surface area contributed by atoms with Crippen LogP contribution in [0.2, 0.25) is 0 Å². The first-order chi connectivity index (χ1) is 9.79. The van der Waals surface area contributed by atoms with Gasteiger partial charge in [0.2, 0.25) is 11.8 Å². The minimum absolute atomic E-state index is 0.0463. The molecular weight excluding hydrogens is 264 g/mol. The van der Waals surface area contributed by atoms with Crippen LogP contribution in [0.4, 0.5) is 0 Å². The maximum absolute atomic E-state index is 12.3. The van der Waals surface area contributed by atoms with Gasteiger partial charge in [0, 0.05) is 25.0 Å². The minimum atomic E-state index is -0.195. The molecule has 122 valence electrons. The highest BCUT2D eigenvalue weighted by Crippen LogP contribution is 2.25. The normalized spacial score (nSPS) is 20.7. The molecule has 0 bridgehead atoms. The van der Waals surface area contributed by atoms with Crippen LogP contribution in [0.3, 0.4) is 0 Å². The molecular formula is C17H32N2O2. The van der Waals surface area contributed by atoms with Crippen LogP contribution in [0.5, 0.6) is 0 Å². The van der Waals surface area contributed by atoms with Crippen molar-refractivity contribution in [2.45, 2.75) is 72.3 Å². The maximum atomic E-state index is 12.3. The summed E-state index contributed by atoms with van der Waals surface area (Å²) in [4.78, 5) is 26.1. The summed E-state index contributed by atoms with van der Waals surface area (Å²) in [5, 5.41) is 3.06. The van der Waals surface area contributed by atoms with Gasteiger partial charge in [-0.2, -0.15) is 0 Å². The highest BCUT2D eigenvalue weighted by molar-refractivity contribution is 5.89. The predicted molar refractivity (Wildman–Crippen MR) is 85.9 cm³/mol. The Morgan fingerprint density at radius 3 is 2.52 bits per heavy atom. The highest BCUT2D eigenvalue weighted by atomic mass is 16.2. The van der Waals surface area contributed by atoms with Crippen LogP contribution in [0, 0.1) is 11.8 Å². The van der Waals surface area contributed by atoms with Gasteiger partial charge in [-0.15, -0.1) is 0 Å². The Balaban J connectivity index is 2.45. The summed E-state index contributed by atoms with van der Waals surface area (Å²) < 4.78 is 0. The lowest BCUT2D eigenvalue weighted by atomic mass is 9.99. The molecule has 4 heteroatoms. The SMILES string of the molecule is CCCCC(CC)CNC(=O)C1CC(=O)N(C(C)(C)C)C1. The van der Waals surface area contributed by atoms with Crippen molar-refractivity contribution >= 4 is 11.8 Å². The van der Waals surface area contributed by atoms with Crippen molar-refractivity contribution in [2.75, 3.05) is 13.1 Å². The lowest BCUT2D eigenvalue weighted by Crippen LogP contribution is -2.43. The minimum Gasteiger partial charge on any atom is -0.356 e. The Morgan fingerprint density at radius 2 is 2.05 bits per heavy atom. The number of rotatable bonds is 7. The van der Waals surface area contributed by atoms with E-state index in [2.05, 4.69) is 19.2 Å². The van der Waals surface area contributed by atoms with Crippen molar-refractivity contribution in [1.82, 2.24) is 10.2 Å². The Morgan fingerprint density at radius 1 is 1.38 bits per heavy atom. The van der Waals surface area contributed by atoms with E-state index in [1.165, 1.54) is 19.3 Å². The van der Waals surface area contributed by atoms with E-state index in [1.807, 2.05) is 25.7 Å². The van der Waals surface area contributed by atoms with Crippen molar-refractivity contribution in [3.05, 3.63) is 0 Å². The standard InChI is InChI=1S/C17H32N2O2/c1-6-8-9-13(7-2)11-18-16(21)14-10-15(20)19(12-14)17(3,4)5/h13-14H,6-12H2,1-5H3,(H,18,21). The van der Waals surface area contributed by atoms with Crippen LogP contribution >= 0.6 is 0 Å². The third-order valence-corrected chi connectivity index (χ3v) is 4.41. The van der Waals surface area contributed by atoms with E-state index in [4.69, 9.17) is 0 Å². The molecule has 1 aliphatic heterocycles. The van der Waals surface area contributed by atoms with Crippen LogP contribution in [0.25, 0.3) is 0 Å². The van der Waals surface area contributed by atoms with Crippen LogP contribution in [0.1, 0.15) is 66.7 Å². The fraction of sp³-hybridized carbons (Fsp3) is 0.882. The number of hydrogen-bond acceptors (Lipinski definition) is 2. The molecule has 0 aromatic rings. The van der Waals surface area contributed by atoms with Gasteiger partial charge in [-0.3, -0.25) is 9.59 Å². The molecule has 1 aliphatic rings. The molecule has 2 unspecified atom stereocenters. The molecule has 0 aliphatic carbocycles. The molecule has 1 saturated heterocycles. The number of carbonyl (C=O) groups is 2. The van der Waals surface area contributed by atoms with Crippen molar-refractivity contribution in [1.29, 1.82) is 0 Å². The second-order valence-corrected chi connectivity index (χ2v) is 7.24. The third kappa shape index (κ3) is 5.33. The van der Waals surface area contributed by atoms with Crippen LogP contribution < -0.4 is 5.32 Å². The molecule has 2 atom stereocenters. The predicted octanol–water partition coefficient (Wildman–Crippen LogP) is 2.97. The van der Waals surface area contributed by atoms with E-state index < -0.39 is 0 Å². The summed E-state index contributed by atoms with van der Waals surface area (Å²) in [6, 6.07) is 0. The number of unbranched alkanes of at least 4 members (excludes halogenated alkanes) is 1.